The zero-order chi connectivity index (χ0) is 19.9. The van der Waals surface area contributed by atoms with E-state index in [1.165, 1.54) is 19.8 Å². The molecular weight excluding hydrogens is 376 g/mol. The van der Waals surface area contributed by atoms with Gasteiger partial charge in [-0.3, -0.25) is 9.59 Å². The van der Waals surface area contributed by atoms with Gasteiger partial charge < -0.3 is 19.7 Å². The third kappa shape index (κ3) is 4.78. The monoisotopic (exact) mass is 400 g/mol. The van der Waals surface area contributed by atoms with E-state index in [4.69, 9.17) is 9.47 Å². The standard InChI is InChI=1S/C21H24N2O4S/c1-26-17-10-16(11-18(12-17)27-2)21(25)23-14-28-13-19(23)20(24)22-9-8-15-6-4-3-5-7-15/h3-7,10-12,19H,8-9,13-14H2,1-2H3,(H,22,24). The van der Waals surface area contributed by atoms with E-state index in [-0.39, 0.29) is 11.8 Å². The van der Waals surface area contributed by atoms with Crippen LogP contribution in [0.4, 0.5) is 0 Å². The zero-order valence-electron chi connectivity index (χ0n) is 16.0. The van der Waals surface area contributed by atoms with Crippen LogP contribution in [0.3, 0.4) is 0 Å². The van der Waals surface area contributed by atoms with Gasteiger partial charge in [0.25, 0.3) is 5.91 Å². The topological polar surface area (TPSA) is 67.9 Å². The maximum atomic E-state index is 13.0. The van der Waals surface area contributed by atoms with E-state index in [0.29, 0.717) is 35.2 Å². The van der Waals surface area contributed by atoms with Gasteiger partial charge in [-0.15, -0.1) is 11.8 Å². The van der Waals surface area contributed by atoms with E-state index in [1.54, 1.807) is 34.9 Å². The van der Waals surface area contributed by atoms with Gasteiger partial charge in [0.2, 0.25) is 5.91 Å². The van der Waals surface area contributed by atoms with E-state index >= 15 is 0 Å². The highest BCUT2D eigenvalue weighted by molar-refractivity contribution is 7.99. The summed E-state index contributed by atoms with van der Waals surface area (Å²) in [4.78, 5) is 27.3. The minimum atomic E-state index is -0.481. The lowest BCUT2D eigenvalue weighted by atomic mass is 10.1. The largest absolute Gasteiger partial charge is 0.497 e. The molecule has 7 heteroatoms. The summed E-state index contributed by atoms with van der Waals surface area (Å²) in [7, 11) is 3.08. The van der Waals surface area contributed by atoms with Crippen molar-refractivity contribution in [3.05, 3.63) is 59.7 Å². The Morgan fingerprint density at radius 2 is 1.79 bits per heavy atom. The Kier molecular flexibility index (Phi) is 6.81. The van der Waals surface area contributed by atoms with Gasteiger partial charge in [0.05, 0.1) is 20.1 Å². The molecule has 1 saturated heterocycles. The Hall–Kier alpha value is -2.67. The molecule has 1 aliphatic heterocycles. The fourth-order valence-electron chi connectivity index (χ4n) is 3.05. The molecule has 0 spiro atoms. The summed E-state index contributed by atoms with van der Waals surface area (Å²) in [5, 5.41) is 2.96. The number of ether oxygens (including phenoxy) is 2. The van der Waals surface area contributed by atoms with Crippen LogP contribution in [0.15, 0.2) is 48.5 Å². The maximum absolute atomic E-state index is 13.0. The molecule has 2 aromatic carbocycles. The van der Waals surface area contributed by atoms with E-state index in [2.05, 4.69) is 5.32 Å². The van der Waals surface area contributed by atoms with Crippen molar-refractivity contribution in [1.82, 2.24) is 10.2 Å². The number of benzene rings is 2. The van der Waals surface area contributed by atoms with Gasteiger partial charge in [0.1, 0.15) is 17.5 Å². The van der Waals surface area contributed by atoms with Gasteiger partial charge in [-0.1, -0.05) is 30.3 Å². The molecule has 1 aliphatic rings. The molecule has 0 saturated carbocycles. The number of carbonyl (C=O) groups excluding carboxylic acids is 2. The molecule has 1 fully saturated rings. The first-order valence-electron chi connectivity index (χ1n) is 9.06. The van der Waals surface area contributed by atoms with Crippen molar-refractivity contribution >= 4 is 23.6 Å². The summed E-state index contributed by atoms with van der Waals surface area (Å²) in [6.07, 6.45) is 0.757. The summed E-state index contributed by atoms with van der Waals surface area (Å²) in [6.45, 7) is 0.541. The average molecular weight is 401 g/mol. The summed E-state index contributed by atoms with van der Waals surface area (Å²) < 4.78 is 10.5. The van der Waals surface area contributed by atoms with Gasteiger partial charge in [-0.05, 0) is 24.1 Å². The first kappa shape index (κ1) is 20.1. The minimum absolute atomic E-state index is 0.121. The number of hydrogen-bond donors (Lipinski definition) is 1. The van der Waals surface area contributed by atoms with Gasteiger partial charge >= 0.3 is 0 Å². The molecule has 0 aromatic heterocycles. The highest BCUT2D eigenvalue weighted by Gasteiger charge is 2.35. The second-order valence-electron chi connectivity index (χ2n) is 6.42. The van der Waals surface area contributed by atoms with Crippen LogP contribution in [0.25, 0.3) is 0 Å². The smallest absolute Gasteiger partial charge is 0.255 e. The van der Waals surface area contributed by atoms with Crippen molar-refractivity contribution in [2.45, 2.75) is 12.5 Å². The fraction of sp³-hybridized carbons (Fsp3) is 0.333. The van der Waals surface area contributed by atoms with Crippen LogP contribution in [0, 0.1) is 0 Å². The van der Waals surface area contributed by atoms with Crippen LogP contribution in [0.1, 0.15) is 15.9 Å². The van der Waals surface area contributed by atoms with Crippen LogP contribution < -0.4 is 14.8 Å². The lowest BCUT2D eigenvalue weighted by Crippen LogP contribution is -2.47. The average Bonchev–Trinajstić information content (AvgIpc) is 3.23. The lowest BCUT2D eigenvalue weighted by molar-refractivity contribution is -0.124. The normalized spacial score (nSPS) is 15.9. The highest BCUT2D eigenvalue weighted by atomic mass is 32.2. The molecular formula is C21H24N2O4S. The van der Waals surface area contributed by atoms with Crippen molar-refractivity contribution in [3.8, 4) is 11.5 Å². The van der Waals surface area contributed by atoms with Gasteiger partial charge in [-0.25, -0.2) is 0 Å². The predicted octanol–water partition coefficient (Wildman–Crippen LogP) is 2.58. The van der Waals surface area contributed by atoms with Gasteiger partial charge in [-0.2, -0.15) is 0 Å². The van der Waals surface area contributed by atoms with Crippen molar-refractivity contribution in [3.63, 3.8) is 0 Å². The van der Waals surface area contributed by atoms with Crippen LogP contribution >= 0.6 is 11.8 Å². The Balaban J connectivity index is 1.65. The number of nitrogens with zero attached hydrogens (tertiary/aromatic N) is 1. The van der Waals surface area contributed by atoms with E-state index in [1.807, 2.05) is 30.3 Å². The summed E-state index contributed by atoms with van der Waals surface area (Å²) in [6, 6.07) is 14.5. The minimum Gasteiger partial charge on any atom is -0.497 e. The molecule has 1 unspecified atom stereocenters. The number of carbonyl (C=O) groups is 2. The van der Waals surface area contributed by atoms with Gasteiger partial charge in [0.15, 0.2) is 0 Å². The van der Waals surface area contributed by atoms with Crippen molar-refractivity contribution in [2.24, 2.45) is 0 Å². The number of hydrogen-bond acceptors (Lipinski definition) is 5. The quantitative estimate of drug-likeness (QED) is 0.774. The Morgan fingerprint density at radius 1 is 1.11 bits per heavy atom. The number of amides is 2. The van der Waals surface area contributed by atoms with E-state index in [9.17, 15) is 9.59 Å². The molecule has 28 heavy (non-hydrogen) atoms. The Bertz CT molecular complexity index is 806. The molecule has 2 aromatic rings. The van der Waals surface area contributed by atoms with E-state index < -0.39 is 6.04 Å². The SMILES string of the molecule is COc1cc(OC)cc(C(=O)N2CSCC2C(=O)NCCc2ccccc2)c1. The molecule has 2 amide bonds. The van der Waals surface area contributed by atoms with Crippen molar-refractivity contribution in [2.75, 3.05) is 32.4 Å². The molecule has 3 rings (SSSR count). The number of thioether (sulfide) groups is 1. The third-order valence-corrected chi connectivity index (χ3v) is 5.61. The Labute approximate surface area is 169 Å². The molecule has 1 heterocycles. The van der Waals surface area contributed by atoms with Crippen LogP contribution in [-0.2, 0) is 11.2 Å². The number of nitrogens with one attached hydrogen (secondary N) is 1. The molecule has 148 valence electrons. The highest BCUT2D eigenvalue weighted by Crippen LogP contribution is 2.27. The van der Waals surface area contributed by atoms with E-state index in [0.717, 1.165) is 6.42 Å². The molecule has 1 N–H and O–H groups in total. The number of methoxy groups -OCH3 is 2. The molecule has 0 bridgehead atoms. The summed E-state index contributed by atoms with van der Waals surface area (Å²) in [5.41, 5.74) is 1.61. The first-order chi connectivity index (χ1) is 13.6. The van der Waals surface area contributed by atoms with Crippen LogP contribution in [-0.4, -0.2) is 55.2 Å². The molecule has 0 radical (unpaired) electrons. The summed E-state index contributed by atoms with van der Waals surface area (Å²) in [5.74, 6) is 1.82. The second-order valence-corrected chi connectivity index (χ2v) is 7.42. The van der Waals surface area contributed by atoms with Crippen LogP contribution in [0.5, 0.6) is 11.5 Å². The third-order valence-electron chi connectivity index (χ3n) is 4.60. The van der Waals surface area contributed by atoms with Crippen LogP contribution in [0.2, 0.25) is 0 Å². The summed E-state index contributed by atoms with van der Waals surface area (Å²) >= 11 is 1.57. The molecule has 1 atom stereocenters. The fourth-order valence-corrected chi connectivity index (χ4v) is 4.20. The Morgan fingerprint density at radius 3 is 2.43 bits per heavy atom. The zero-order valence-corrected chi connectivity index (χ0v) is 16.8. The second kappa shape index (κ2) is 9.50. The van der Waals surface area contributed by atoms with Crippen molar-refractivity contribution in [1.29, 1.82) is 0 Å². The number of rotatable bonds is 7. The first-order valence-corrected chi connectivity index (χ1v) is 10.2. The lowest BCUT2D eigenvalue weighted by Gasteiger charge is -2.23. The predicted molar refractivity (Wildman–Crippen MR) is 110 cm³/mol. The van der Waals surface area contributed by atoms with Gasteiger partial charge in [0, 0.05) is 23.9 Å². The molecule has 0 aliphatic carbocycles. The maximum Gasteiger partial charge on any atom is 0.255 e. The molecule has 6 nitrogen and oxygen atoms in total. The van der Waals surface area contributed by atoms with Crippen molar-refractivity contribution < 1.29 is 19.1 Å².